The Morgan fingerprint density at radius 1 is 1.25 bits per heavy atom. The maximum atomic E-state index is 12.6. The summed E-state index contributed by atoms with van der Waals surface area (Å²) in [7, 11) is 1.52. The van der Waals surface area contributed by atoms with Crippen LogP contribution in [0.1, 0.15) is 34.8 Å². The van der Waals surface area contributed by atoms with Gasteiger partial charge < -0.3 is 15.2 Å². The molecule has 5 nitrogen and oxygen atoms in total. The van der Waals surface area contributed by atoms with E-state index in [0.717, 1.165) is 12.0 Å². The predicted octanol–water partition coefficient (Wildman–Crippen LogP) is 2.67. The third kappa shape index (κ3) is 2.67. The van der Waals surface area contributed by atoms with Gasteiger partial charge in [0, 0.05) is 16.8 Å². The molecule has 3 rings (SSSR count). The summed E-state index contributed by atoms with van der Waals surface area (Å²) in [5, 5.41) is 13.6. The number of hydrogen-bond donors (Lipinski definition) is 2. The SMILES string of the molecule is CCc1ccc2c(c1)[C@](O)(CC(=O)c1cccc(OC)c1)C(=O)N2. The van der Waals surface area contributed by atoms with E-state index in [1.54, 1.807) is 36.4 Å². The van der Waals surface area contributed by atoms with Crippen molar-refractivity contribution < 1.29 is 19.4 Å². The van der Waals surface area contributed by atoms with Crippen LogP contribution in [-0.2, 0) is 16.8 Å². The van der Waals surface area contributed by atoms with Gasteiger partial charge >= 0.3 is 0 Å². The monoisotopic (exact) mass is 325 g/mol. The summed E-state index contributed by atoms with van der Waals surface area (Å²) >= 11 is 0. The van der Waals surface area contributed by atoms with E-state index in [9.17, 15) is 14.7 Å². The van der Waals surface area contributed by atoms with Crippen molar-refractivity contribution in [3.8, 4) is 5.75 Å². The fraction of sp³-hybridized carbons (Fsp3) is 0.263. The molecule has 0 saturated heterocycles. The number of Topliss-reactive ketones (excluding diaryl/α,β-unsaturated/α-hetero) is 1. The fourth-order valence-electron chi connectivity index (χ4n) is 2.92. The Kier molecular flexibility index (Phi) is 4.11. The molecule has 0 aliphatic carbocycles. The summed E-state index contributed by atoms with van der Waals surface area (Å²) in [6.07, 6.45) is 0.466. The number of hydrogen-bond acceptors (Lipinski definition) is 4. The van der Waals surface area contributed by atoms with Gasteiger partial charge in [-0.1, -0.05) is 31.2 Å². The molecule has 0 radical (unpaired) electrons. The summed E-state index contributed by atoms with van der Waals surface area (Å²) in [5.41, 5.74) is 0.565. The highest BCUT2D eigenvalue weighted by molar-refractivity contribution is 6.09. The Bertz CT molecular complexity index is 815. The van der Waals surface area contributed by atoms with Crippen LogP contribution in [-0.4, -0.2) is 23.9 Å². The molecule has 1 heterocycles. The molecule has 2 aromatic rings. The van der Waals surface area contributed by atoms with Crippen LogP contribution >= 0.6 is 0 Å². The first-order valence-electron chi connectivity index (χ1n) is 7.82. The van der Waals surface area contributed by atoms with Crippen molar-refractivity contribution in [3.63, 3.8) is 0 Å². The van der Waals surface area contributed by atoms with Crippen LogP contribution in [0.5, 0.6) is 5.75 Å². The number of anilines is 1. The highest BCUT2D eigenvalue weighted by Gasteiger charge is 2.46. The van der Waals surface area contributed by atoms with Crippen molar-refractivity contribution >= 4 is 17.4 Å². The Labute approximate surface area is 140 Å². The maximum Gasteiger partial charge on any atom is 0.261 e. The lowest BCUT2D eigenvalue weighted by Crippen LogP contribution is -2.36. The largest absolute Gasteiger partial charge is 0.497 e. The number of methoxy groups -OCH3 is 1. The van der Waals surface area contributed by atoms with E-state index < -0.39 is 11.5 Å². The molecule has 0 saturated carbocycles. The van der Waals surface area contributed by atoms with E-state index in [1.807, 2.05) is 13.0 Å². The molecule has 124 valence electrons. The van der Waals surface area contributed by atoms with Crippen LogP contribution in [0.15, 0.2) is 42.5 Å². The zero-order valence-corrected chi connectivity index (χ0v) is 13.6. The molecule has 0 aromatic heterocycles. The van der Waals surface area contributed by atoms with E-state index in [0.29, 0.717) is 22.6 Å². The summed E-state index contributed by atoms with van der Waals surface area (Å²) < 4.78 is 5.11. The van der Waals surface area contributed by atoms with Crippen LogP contribution in [0.3, 0.4) is 0 Å². The maximum absolute atomic E-state index is 12.6. The molecule has 1 amide bonds. The summed E-state index contributed by atoms with van der Waals surface area (Å²) in [5.74, 6) is -0.333. The van der Waals surface area contributed by atoms with Crippen molar-refractivity contribution in [1.29, 1.82) is 0 Å². The van der Waals surface area contributed by atoms with Crippen LogP contribution < -0.4 is 10.1 Å². The molecule has 24 heavy (non-hydrogen) atoms. The fourth-order valence-corrected chi connectivity index (χ4v) is 2.92. The van der Waals surface area contributed by atoms with Gasteiger partial charge in [-0.3, -0.25) is 9.59 Å². The van der Waals surface area contributed by atoms with Gasteiger partial charge in [0.15, 0.2) is 11.4 Å². The molecule has 1 atom stereocenters. The molecule has 2 aromatic carbocycles. The van der Waals surface area contributed by atoms with Crippen LogP contribution in [0.2, 0.25) is 0 Å². The number of nitrogens with one attached hydrogen (secondary N) is 1. The molecule has 0 fully saturated rings. The van der Waals surface area contributed by atoms with E-state index in [2.05, 4.69) is 5.32 Å². The minimum absolute atomic E-state index is 0.313. The summed E-state index contributed by atoms with van der Waals surface area (Å²) in [4.78, 5) is 24.9. The Hall–Kier alpha value is -2.66. The molecule has 0 unspecified atom stereocenters. The van der Waals surface area contributed by atoms with Crippen LogP contribution in [0.4, 0.5) is 5.69 Å². The second kappa shape index (κ2) is 6.09. The van der Waals surface area contributed by atoms with Crippen LogP contribution in [0, 0.1) is 0 Å². The minimum Gasteiger partial charge on any atom is -0.497 e. The number of fused-ring (bicyclic) bond motifs is 1. The molecule has 1 aliphatic rings. The molecule has 1 aliphatic heterocycles. The molecule has 2 N–H and O–H groups in total. The average molecular weight is 325 g/mol. The number of ketones is 1. The van der Waals surface area contributed by atoms with Crippen molar-refractivity contribution in [2.75, 3.05) is 12.4 Å². The summed E-state index contributed by atoms with van der Waals surface area (Å²) in [6.45, 7) is 1.99. The first kappa shape index (κ1) is 16.2. The lowest BCUT2D eigenvalue weighted by Gasteiger charge is -2.20. The molecule has 5 heteroatoms. The zero-order valence-electron chi connectivity index (χ0n) is 13.6. The lowest BCUT2D eigenvalue weighted by atomic mass is 9.87. The van der Waals surface area contributed by atoms with Gasteiger partial charge in [-0.05, 0) is 30.2 Å². The minimum atomic E-state index is -1.85. The van der Waals surface area contributed by atoms with Crippen molar-refractivity contribution in [2.45, 2.75) is 25.4 Å². The number of ether oxygens (including phenoxy) is 1. The lowest BCUT2D eigenvalue weighted by molar-refractivity contribution is -0.133. The third-order valence-corrected chi connectivity index (χ3v) is 4.37. The quantitative estimate of drug-likeness (QED) is 0.829. The van der Waals surface area contributed by atoms with E-state index in [1.165, 1.54) is 7.11 Å². The molecule has 0 bridgehead atoms. The molecular formula is C19H19NO4. The number of amides is 1. The number of aryl methyl sites for hydroxylation is 1. The number of carbonyl (C=O) groups is 2. The highest BCUT2D eigenvalue weighted by atomic mass is 16.5. The smallest absolute Gasteiger partial charge is 0.261 e. The number of carbonyl (C=O) groups excluding carboxylic acids is 2. The van der Waals surface area contributed by atoms with E-state index in [4.69, 9.17) is 4.74 Å². The zero-order chi connectivity index (χ0) is 17.3. The van der Waals surface area contributed by atoms with Gasteiger partial charge in [0.25, 0.3) is 5.91 Å². The van der Waals surface area contributed by atoms with Crippen LogP contribution in [0.25, 0.3) is 0 Å². The second-order valence-corrected chi connectivity index (χ2v) is 5.88. The van der Waals surface area contributed by atoms with Gasteiger partial charge in [-0.2, -0.15) is 0 Å². The first-order chi connectivity index (χ1) is 11.5. The second-order valence-electron chi connectivity index (χ2n) is 5.88. The highest BCUT2D eigenvalue weighted by Crippen LogP contribution is 2.39. The number of benzene rings is 2. The van der Waals surface area contributed by atoms with Gasteiger partial charge in [-0.15, -0.1) is 0 Å². The normalized spacial score (nSPS) is 18.9. The third-order valence-electron chi connectivity index (χ3n) is 4.37. The van der Waals surface area contributed by atoms with Gasteiger partial charge in [0.05, 0.1) is 13.5 Å². The van der Waals surface area contributed by atoms with Crippen molar-refractivity contribution in [1.82, 2.24) is 0 Å². The molecule has 0 spiro atoms. The average Bonchev–Trinajstić information content (AvgIpc) is 2.85. The Morgan fingerprint density at radius 3 is 2.75 bits per heavy atom. The van der Waals surface area contributed by atoms with Crippen molar-refractivity contribution in [2.24, 2.45) is 0 Å². The first-order valence-corrected chi connectivity index (χ1v) is 7.82. The van der Waals surface area contributed by atoms with Crippen molar-refractivity contribution in [3.05, 3.63) is 59.2 Å². The number of aliphatic hydroxyl groups is 1. The summed E-state index contributed by atoms with van der Waals surface area (Å²) in [6, 6.07) is 12.1. The Morgan fingerprint density at radius 2 is 2.04 bits per heavy atom. The topological polar surface area (TPSA) is 75.6 Å². The predicted molar refractivity (Wildman–Crippen MR) is 90.3 cm³/mol. The number of rotatable bonds is 5. The van der Waals surface area contributed by atoms with Gasteiger partial charge in [0.1, 0.15) is 5.75 Å². The van der Waals surface area contributed by atoms with Gasteiger partial charge in [0.2, 0.25) is 0 Å². The van der Waals surface area contributed by atoms with E-state index >= 15 is 0 Å². The Balaban J connectivity index is 1.94. The van der Waals surface area contributed by atoms with E-state index in [-0.39, 0.29) is 12.2 Å². The van der Waals surface area contributed by atoms with Gasteiger partial charge in [-0.25, -0.2) is 0 Å². The standard InChI is InChI=1S/C19H19NO4/c1-3-12-7-8-16-15(9-12)19(23,18(22)20-16)11-17(21)13-5-4-6-14(10-13)24-2/h4-10,23H,3,11H2,1-2H3,(H,20,22)/t19-/m1/s1. The molecular weight excluding hydrogens is 306 g/mol.